The highest BCUT2D eigenvalue weighted by Gasteiger charge is 2.40. The molecule has 0 bridgehead atoms. The molecule has 25 heavy (non-hydrogen) atoms. The van der Waals surface area contributed by atoms with Crippen LogP contribution in [-0.2, 0) is 13.1 Å². The molecule has 2 aromatic carbocycles. The van der Waals surface area contributed by atoms with Gasteiger partial charge >= 0.3 is 0 Å². The number of rotatable bonds is 2. The molecule has 2 aliphatic rings. The second-order valence-corrected chi connectivity index (χ2v) is 7.84. The standard InChI is InChI=1S/C21H25ClN2O/c1-23-12-10-21(11-13-23)16-24(14-17-6-2-4-8-19(17)22)15-18-7-3-5-9-20(18)25-21/h2-9H,10-16H2,1H3. The van der Waals surface area contributed by atoms with Crippen LogP contribution in [0.3, 0.4) is 0 Å². The van der Waals surface area contributed by atoms with Crippen LogP contribution in [0.1, 0.15) is 24.0 Å². The maximum Gasteiger partial charge on any atom is 0.124 e. The van der Waals surface area contributed by atoms with Crippen molar-refractivity contribution >= 4 is 11.6 Å². The number of para-hydroxylation sites is 1. The molecule has 2 aromatic rings. The van der Waals surface area contributed by atoms with Gasteiger partial charge in [-0.3, -0.25) is 4.90 Å². The van der Waals surface area contributed by atoms with Gasteiger partial charge in [-0.2, -0.15) is 0 Å². The first kappa shape index (κ1) is 16.9. The van der Waals surface area contributed by atoms with Crippen LogP contribution in [0.2, 0.25) is 5.02 Å². The highest BCUT2D eigenvalue weighted by atomic mass is 35.5. The Morgan fingerprint density at radius 2 is 1.76 bits per heavy atom. The normalized spacial score (nSPS) is 20.7. The summed E-state index contributed by atoms with van der Waals surface area (Å²) in [6.07, 6.45) is 2.13. The van der Waals surface area contributed by atoms with Gasteiger partial charge in [0.15, 0.2) is 0 Å². The average molecular weight is 357 g/mol. The predicted molar refractivity (Wildman–Crippen MR) is 102 cm³/mol. The van der Waals surface area contributed by atoms with Gasteiger partial charge in [-0.1, -0.05) is 48.0 Å². The summed E-state index contributed by atoms with van der Waals surface area (Å²) in [5, 5.41) is 0.846. The minimum Gasteiger partial charge on any atom is -0.486 e. The Hall–Kier alpha value is -1.55. The first-order valence-corrected chi connectivity index (χ1v) is 9.43. The van der Waals surface area contributed by atoms with Gasteiger partial charge in [0.05, 0.1) is 0 Å². The van der Waals surface area contributed by atoms with Crippen molar-refractivity contribution in [2.45, 2.75) is 31.5 Å². The van der Waals surface area contributed by atoms with Gasteiger partial charge in [0.2, 0.25) is 0 Å². The van der Waals surface area contributed by atoms with Crippen LogP contribution in [0, 0.1) is 0 Å². The lowest BCUT2D eigenvalue weighted by Gasteiger charge is -2.42. The molecule has 2 aliphatic heterocycles. The molecule has 2 heterocycles. The Morgan fingerprint density at radius 1 is 1.04 bits per heavy atom. The summed E-state index contributed by atoms with van der Waals surface area (Å²) in [4.78, 5) is 4.89. The third-order valence-electron chi connectivity index (χ3n) is 5.45. The maximum atomic E-state index is 6.63. The Kier molecular flexibility index (Phi) is 4.72. The molecule has 1 fully saturated rings. The van der Waals surface area contributed by atoms with Crippen molar-refractivity contribution in [2.24, 2.45) is 0 Å². The Morgan fingerprint density at radius 3 is 2.56 bits per heavy atom. The topological polar surface area (TPSA) is 15.7 Å². The van der Waals surface area contributed by atoms with Crippen LogP contribution in [0.15, 0.2) is 48.5 Å². The van der Waals surface area contributed by atoms with Crippen molar-refractivity contribution in [3.8, 4) is 5.75 Å². The van der Waals surface area contributed by atoms with Crippen LogP contribution >= 0.6 is 11.6 Å². The number of hydrogen-bond acceptors (Lipinski definition) is 3. The van der Waals surface area contributed by atoms with Gasteiger partial charge in [-0.15, -0.1) is 0 Å². The van der Waals surface area contributed by atoms with Crippen molar-refractivity contribution in [1.29, 1.82) is 0 Å². The molecular weight excluding hydrogens is 332 g/mol. The van der Waals surface area contributed by atoms with Gasteiger partial charge in [-0.05, 0) is 24.7 Å². The van der Waals surface area contributed by atoms with E-state index in [-0.39, 0.29) is 5.60 Å². The quantitative estimate of drug-likeness (QED) is 0.802. The molecule has 132 valence electrons. The summed E-state index contributed by atoms with van der Waals surface area (Å²) in [5.74, 6) is 1.05. The predicted octanol–water partition coefficient (Wildman–Crippen LogP) is 4.20. The Labute approximate surface area is 155 Å². The Balaban J connectivity index is 1.64. The summed E-state index contributed by atoms with van der Waals surface area (Å²) in [6.45, 7) is 4.87. The summed E-state index contributed by atoms with van der Waals surface area (Å²) >= 11 is 6.42. The molecule has 0 amide bonds. The SMILES string of the molecule is CN1CCC2(CC1)CN(Cc1ccccc1Cl)Cc1ccccc1O2. The molecule has 4 rings (SSSR count). The zero-order valence-electron chi connectivity index (χ0n) is 14.7. The number of fused-ring (bicyclic) bond motifs is 1. The summed E-state index contributed by atoms with van der Waals surface area (Å²) < 4.78 is 6.63. The molecule has 0 aliphatic carbocycles. The fraction of sp³-hybridized carbons (Fsp3) is 0.429. The van der Waals surface area contributed by atoms with E-state index < -0.39 is 0 Å². The van der Waals surface area contributed by atoms with Crippen LogP contribution < -0.4 is 4.74 Å². The van der Waals surface area contributed by atoms with Gasteiger partial charge < -0.3 is 9.64 Å². The average Bonchev–Trinajstić information content (AvgIpc) is 2.76. The fourth-order valence-corrected chi connectivity index (χ4v) is 4.16. The van der Waals surface area contributed by atoms with E-state index in [9.17, 15) is 0 Å². The van der Waals surface area contributed by atoms with E-state index in [1.807, 2.05) is 12.1 Å². The van der Waals surface area contributed by atoms with Crippen molar-refractivity contribution in [1.82, 2.24) is 9.80 Å². The first-order chi connectivity index (χ1) is 12.1. The summed E-state index contributed by atoms with van der Waals surface area (Å²) in [5.41, 5.74) is 2.36. The lowest BCUT2D eigenvalue weighted by atomic mass is 9.90. The number of piperidine rings is 1. The molecular formula is C21H25ClN2O. The minimum atomic E-state index is -0.0969. The maximum absolute atomic E-state index is 6.63. The zero-order valence-corrected chi connectivity index (χ0v) is 15.5. The third kappa shape index (κ3) is 3.69. The number of halogens is 1. The van der Waals surface area contributed by atoms with E-state index in [0.717, 1.165) is 56.3 Å². The van der Waals surface area contributed by atoms with E-state index in [1.165, 1.54) is 11.1 Å². The molecule has 0 saturated carbocycles. The van der Waals surface area contributed by atoms with E-state index in [1.54, 1.807) is 0 Å². The van der Waals surface area contributed by atoms with Crippen molar-refractivity contribution in [3.05, 3.63) is 64.7 Å². The highest BCUT2D eigenvalue weighted by Crippen LogP contribution is 2.36. The number of nitrogens with zero attached hydrogens (tertiary/aromatic N) is 2. The molecule has 0 aromatic heterocycles. The third-order valence-corrected chi connectivity index (χ3v) is 5.82. The zero-order chi connectivity index (χ0) is 17.3. The van der Waals surface area contributed by atoms with Crippen LogP contribution in [-0.4, -0.2) is 42.1 Å². The summed E-state index contributed by atoms with van der Waals surface area (Å²) in [6, 6.07) is 16.6. The van der Waals surface area contributed by atoms with E-state index >= 15 is 0 Å². The highest BCUT2D eigenvalue weighted by molar-refractivity contribution is 6.31. The van der Waals surface area contributed by atoms with Gasteiger partial charge in [0.1, 0.15) is 11.4 Å². The monoisotopic (exact) mass is 356 g/mol. The van der Waals surface area contributed by atoms with E-state index in [4.69, 9.17) is 16.3 Å². The fourth-order valence-electron chi connectivity index (χ4n) is 3.97. The summed E-state index contributed by atoms with van der Waals surface area (Å²) in [7, 11) is 2.19. The molecule has 3 nitrogen and oxygen atoms in total. The lowest BCUT2D eigenvalue weighted by molar-refractivity contribution is -0.0146. The molecule has 0 radical (unpaired) electrons. The van der Waals surface area contributed by atoms with Gasteiger partial charge in [-0.25, -0.2) is 0 Å². The van der Waals surface area contributed by atoms with Crippen molar-refractivity contribution in [3.63, 3.8) is 0 Å². The minimum absolute atomic E-state index is 0.0969. The molecule has 4 heteroatoms. The lowest BCUT2D eigenvalue weighted by Crippen LogP contribution is -2.52. The molecule has 0 N–H and O–H groups in total. The molecule has 0 atom stereocenters. The number of ether oxygens (including phenoxy) is 1. The Bertz CT molecular complexity index is 740. The molecule has 1 spiro atoms. The second-order valence-electron chi connectivity index (χ2n) is 7.43. The van der Waals surface area contributed by atoms with Crippen LogP contribution in [0.4, 0.5) is 0 Å². The van der Waals surface area contributed by atoms with E-state index in [0.29, 0.717) is 0 Å². The number of hydrogen-bond donors (Lipinski definition) is 0. The van der Waals surface area contributed by atoms with Gasteiger partial charge in [0, 0.05) is 56.2 Å². The smallest absolute Gasteiger partial charge is 0.124 e. The second kappa shape index (κ2) is 6.99. The molecule has 0 unspecified atom stereocenters. The van der Waals surface area contributed by atoms with Gasteiger partial charge in [0.25, 0.3) is 0 Å². The van der Waals surface area contributed by atoms with Crippen LogP contribution in [0.5, 0.6) is 5.75 Å². The van der Waals surface area contributed by atoms with Crippen molar-refractivity contribution < 1.29 is 4.74 Å². The van der Waals surface area contributed by atoms with Crippen LogP contribution in [0.25, 0.3) is 0 Å². The largest absolute Gasteiger partial charge is 0.486 e. The van der Waals surface area contributed by atoms with E-state index in [2.05, 4.69) is 53.2 Å². The first-order valence-electron chi connectivity index (χ1n) is 9.05. The number of benzene rings is 2. The molecule has 1 saturated heterocycles. The number of likely N-dealkylation sites (tertiary alicyclic amines) is 1. The van der Waals surface area contributed by atoms with Crippen molar-refractivity contribution in [2.75, 3.05) is 26.7 Å².